The van der Waals surface area contributed by atoms with E-state index in [-0.39, 0.29) is 0 Å². The van der Waals surface area contributed by atoms with E-state index in [1.807, 2.05) is 0 Å². The Hall–Kier alpha value is -0.520. The van der Waals surface area contributed by atoms with Crippen LogP contribution < -0.4 is 0 Å². The van der Waals surface area contributed by atoms with E-state index in [9.17, 15) is 0 Å². The minimum atomic E-state index is 0.899. The predicted octanol–water partition coefficient (Wildman–Crippen LogP) is 8.09. The van der Waals surface area contributed by atoms with Gasteiger partial charge in [-0.2, -0.15) is 0 Å². The van der Waals surface area contributed by atoms with Crippen molar-refractivity contribution < 1.29 is 0 Å². The van der Waals surface area contributed by atoms with Crippen LogP contribution >= 0.6 is 0 Å². The lowest BCUT2D eigenvalue weighted by Gasteiger charge is -2.29. The molecule has 0 radical (unpaired) electrons. The molecule has 0 aliphatic heterocycles. The van der Waals surface area contributed by atoms with Crippen molar-refractivity contribution >= 4 is 0 Å². The van der Waals surface area contributed by atoms with E-state index >= 15 is 0 Å². The largest absolute Gasteiger partial charge is 0.0917 e. The smallest absolute Gasteiger partial charge is 0.0231 e. The second-order valence-electron chi connectivity index (χ2n) is 8.61. The lowest BCUT2D eigenvalue weighted by molar-refractivity contribution is 0.250. The van der Waals surface area contributed by atoms with Gasteiger partial charge in [0.05, 0.1) is 0 Å². The molecule has 2 aliphatic carbocycles. The van der Waals surface area contributed by atoms with Crippen LogP contribution in [0.4, 0.5) is 0 Å². The van der Waals surface area contributed by atoms with Crippen LogP contribution in [-0.2, 0) is 0 Å². The normalized spacial score (nSPS) is 31.9. The molecule has 2 fully saturated rings. The van der Waals surface area contributed by atoms with Gasteiger partial charge >= 0.3 is 0 Å². The van der Waals surface area contributed by atoms with Gasteiger partial charge in [-0.3, -0.25) is 0 Å². The lowest BCUT2D eigenvalue weighted by atomic mass is 9.77. The molecule has 24 heavy (non-hydrogen) atoms. The molecule has 0 aromatic carbocycles. The maximum Gasteiger partial charge on any atom is -0.0231 e. The molecule has 0 heteroatoms. The monoisotopic (exact) mass is 330 g/mol. The highest BCUT2D eigenvalue weighted by Crippen LogP contribution is 2.36. The quantitative estimate of drug-likeness (QED) is 0.296. The Morgan fingerprint density at radius 3 is 2.21 bits per heavy atom. The first-order valence-corrected chi connectivity index (χ1v) is 11.1. The first kappa shape index (κ1) is 19.8. The van der Waals surface area contributed by atoms with E-state index in [0.29, 0.717) is 0 Å². The molecule has 0 N–H and O–H groups in total. The number of rotatable bonds is 9. The topological polar surface area (TPSA) is 0 Å². The van der Waals surface area contributed by atoms with Gasteiger partial charge in [0.15, 0.2) is 0 Å². The lowest BCUT2D eigenvalue weighted by Crippen LogP contribution is -2.15. The van der Waals surface area contributed by atoms with E-state index in [2.05, 4.69) is 38.2 Å². The van der Waals surface area contributed by atoms with Crippen molar-refractivity contribution in [2.24, 2.45) is 23.7 Å². The predicted molar refractivity (Wildman–Crippen MR) is 108 cm³/mol. The molecule has 0 nitrogen and oxygen atoms in total. The number of unbranched alkanes of at least 4 members (excludes halogenated alkanes) is 1. The van der Waals surface area contributed by atoms with Crippen molar-refractivity contribution in [1.29, 1.82) is 0 Å². The first-order chi connectivity index (χ1) is 11.8. The Labute approximate surface area is 152 Å². The van der Waals surface area contributed by atoms with Crippen molar-refractivity contribution in [2.75, 3.05) is 0 Å². The van der Waals surface area contributed by atoms with Gasteiger partial charge in [-0.15, -0.1) is 0 Å². The number of allylic oxidation sites excluding steroid dienone is 4. The van der Waals surface area contributed by atoms with Crippen molar-refractivity contribution in [3.05, 3.63) is 24.3 Å². The average molecular weight is 331 g/mol. The van der Waals surface area contributed by atoms with Crippen LogP contribution in [0.5, 0.6) is 0 Å². The summed E-state index contributed by atoms with van der Waals surface area (Å²) >= 11 is 0. The molecular formula is C24H42. The zero-order valence-electron chi connectivity index (χ0n) is 16.5. The summed E-state index contributed by atoms with van der Waals surface area (Å²) in [5.41, 5.74) is 0. The Balaban J connectivity index is 1.53. The Morgan fingerprint density at radius 1 is 0.792 bits per heavy atom. The first-order valence-electron chi connectivity index (χ1n) is 11.1. The van der Waals surface area contributed by atoms with Crippen LogP contribution in [0.25, 0.3) is 0 Å². The van der Waals surface area contributed by atoms with Gasteiger partial charge in [0.1, 0.15) is 0 Å². The van der Waals surface area contributed by atoms with Gasteiger partial charge in [0.2, 0.25) is 0 Å². The highest BCUT2D eigenvalue weighted by molar-refractivity contribution is 4.91. The van der Waals surface area contributed by atoms with E-state index < -0.39 is 0 Å². The standard InChI is InChI=1S/C24H42/c1-3-5-10-21-16-18-22(19-17-21)12-7-8-13-24-15-9-14-23(20-24)11-6-4-2/h3,5-6,11,21-24H,4,7-10,12-20H2,1-2H3/b5-3-,11-6+. The molecular weight excluding hydrogens is 288 g/mol. The summed E-state index contributed by atoms with van der Waals surface area (Å²) in [4.78, 5) is 0. The van der Waals surface area contributed by atoms with Crippen LogP contribution in [0.3, 0.4) is 0 Å². The van der Waals surface area contributed by atoms with Crippen molar-refractivity contribution in [2.45, 2.75) is 104 Å². The second-order valence-corrected chi connectivity index (χ2v) is 8.61. The number of hydrogen-bond donors (Lipinski definition) is 0. The molecule has 2 atom stereocenters. The average Bonchev–Trinajstić information content (AvgIpc) is 2.63. The molecule has 0 aromatic rings. The van der Waals surface area contributed by atoms with Crippen molar-refractivity contribution in [3.8, 4) is 0 Å². The van der Waals surface area contributed by atoms with Crippen molar-refractivity contribution in [1.82, 2.24) is 0 Å². The third kappa shape index (κ3) is 7.58. The molecule has 0 aromatic heterocycles. The van der Waals surface area contributed by atoms with Crippen LogP contribution in [0.1, 0.15) is 104 Å². The highest BCUT2D eigenvalue weighted by atomic mass is 14.3. The third-order valence-electron chi connectivity index (χ3n) is 6.61. The fourth-order valence-electron chi connectivity index (χ4n) is 5.05. The van der Waals surface area contributed by atoms with Crippen LogP contribution in [0.15, 0.2) is 24.3 Å². The summed E-state index contributed by atoms with van der Waals surface area (Å²) < 4.78 is 0. The Kier molecular flexibility index (Phi) is 9.85. The summed E-state index contributed by atoms with van der Waals surface area (Å²) in [6, 6.07) is 0. The molecule has 2 aliphatic rings. The van der Waals surface area contributed by atoms with E-state index in [1.165, 1.54) is 89.9 Å². The summed E-state index contributed by atoms with van der Waals surface area (Å²) in [6.07, 6.45) is 29.9. The second kappa shape index (κ2) is 11.9. The van der Waals surface area contributed by atoms with Gasteiger partial charge in [-0.25, -0.2) is 0 Å². The summed E-state index contributed by atoms with van der Waals surface area (Å²) in [7, 11) is 0. The fourth-order valence-corrected chi connectivity index (χ4v) is 5.05. The molecule has 2 unspecified atom stereocenters. The van der Waals surface area contributed by atoms with Gasteiger partial charge in [0, 0.05) is 0 Å². The summed E-state index contributed by atoms with van der Waals surface area (Å²) in [6.45, 7) is 4.41. The maximum atomic E-state index is 2.51. The maximum absolute atomic E-state index is 2.51. The summed E-state index contributed by atoms with van der Waals surface area (Å²) in [5, 5.41) is 0. The van der Waals surface area contributed by atoms with Crippen LogP contribution in [0, 0.1) is 23.7 Å². The van der Waals surface area contributed by atoms with E-state index in [4.69, 9.17) is 0 Å². The van der Waals surface area contributed by atoms with Gasteiger partial charge in [-0.1, -0.05) is 82.6 Å². The zero-order valence-corrected chi connectivity index (χ0v) is 16.5. The molecule has 138 valence electrons. The SMILES string of the molecule is C/C=C\CC1CCC(CCCCC2CCCC(/C=C/CC)C2)CC1. The van der Waals surface area contributed by atoms with Crippen molar-refractivity contribution in [3.63, 3.8) is 0 Å². The fraction of sp³-hybridized carbons (Fsp3) is 0.833. The van der Waals surface area contributed by atoms with Gasteiger partial charge in [0.25, 0.3) is 0 Å². The molecule has 0 bridgehead atoms. The van der Waals surface area contributed by atoms with E-state index in [0.717, 1.165) is 23.7 Å². The molecule has 2 rings (SSSR count). The molecule has 0 spiro atoms. The zero-order chi connectivity index (χ0) is 17.0. The van der Waals surface area contributed by atoms with Gasteiger partial charge < -0.3 is 0 Å². The Morgan fingerprint density at radius 2 is 1.50 bits per heavy atom. The molecule has 0 saturated heterocycles. The minimum Gasteiger partial charge on any atom is -0.0917 e. The Bertz CT molecular complexity index is 356. The summed E-state index contributed by atoms with van der Waals surface area (Å²) in [5.74, 6) is 3.98. The molecule has 0 heterocycles. The minimum absolute atomic E-state index is 0.899. The highest BCUT2D eigenvalue weighted by Gasteiger charge is 2.21. The van der Waals surface area contributed by atoms with Crippen LogP contribution in [-0.4, -0.2) is 0 Å². The molecule has 0 amide bonds. The van der Waals surface area contributed by atoms with E-state index in [1.54, 1.807) is 0 Å². The van der Waals surface area contributed by atoms with Gasteiger partial charge in [-0.05, 0) is 69.1 Å². The molecule has 2 saturated carbocycles. The van der Waals surface area contributed by atoms with Crippen LogP contribution in [0.2, 0.25) is 0 Å². The third-order valence-corrected chi connectivity index (χ3v) is 6.61. The number of hydrogen-bond acceptors (Lipinski definition) is 0.